The maximum atomic E-state index is 11.4. The molecule has 1 saturated heterocycles. The SMILES string of the molecule is O=C1C[C@@H]2CCC(NCc3cccc4occc34)[C@@H]2O1. The molecular formula is C16H17NO3. The summed E-state index contributed by atoms with van der Waals surface area (Å²) in [5.74, 6) is 0.383. The number of ether oxygens (including phenoxy) is 1. The van der Waals surface area contributed by atoms with Crippen LogP contribution in [0.5, 0.6) is 0 Å². The van der Waals surface area contributed by atoms with Crippen LogP contribution >= 0.6 is 0 Å². The molecule has 104 valence electrons. The van der Waals surface area contributed by atoms with Crippen molar-refractivity contribution < 1.29 is 13.9 Å². The van der Waals surface area contributed by atoms with Crippen LogP contribution in [0.2, 0.25) is 0 Å². The predicted octanol–water partition coefficient (Wildman–Crippen LogP) is 2.62. The number of carbonyl (C=O) groups is 1. The molecule has 0 radical (unpaired) electrons. The molecule has 1 N–H and O–H groups in total. The smallest absolute Gasteiger partial charge is 0.306 e. The van der Waals surface area contributed by atoms with Gasteiger partial charge in [-0.05, 0) is 30.5 Å². The lowest BCUT2D eigenvalue weighted by atomic mass is 10.0. The summed E-state index contributed by atoms with van der Waals surface area (Å²) in [5, 5.41) is 4.70. The molecule has 1 saturated carbocycles. The number of fused-ring (bicyclic) bond motifs is 2. The summed E-state index contributed by atoms with van der Waals surface area (Å²) in [6, 6.07) is 8.38. The molecule has 1 aliphatic heterocycles. The van der Waals surface area contributed by atoms with Gasteiger partial charge in [-0.3, -0.25) is 4.79 Å². The van der Waals surface area contributed by atoms with Gasteiger partial charge in [-0.2, -0.15) is 0 Å². The number of carbonyl (C=O) groups excluding carboxylic acids is 1. The van der Waals surface area contributed by atoms with Crippen molar-refractivity contribution in [3.63, 3.8) is 0 Å². The van der Waals surface area contributed by atoms with E-state index >= 15 is 0 Å². The van der Waals surface area contributed by atoms with E-state index in [0.29, 0.717) is 12.3 Å². The van der Waals surface area contributed by atoms with Gasteiger partial charge in [0.1, 0.15) is 11.7 Å². The highest BCUT2D eigenvalue weighted by Gasteiger charge is 2.44. The van der Waals surface area contributed by atoms with Crippen molar-refractivity contribution in [2.24, 2.45) is 5.92 Å². The summed E-state index contributed by atoms with van der Waals surface area (Å²) in [5.41, 5.74) is 2.14. The Bertz CT molecular complexity index is 648. The quantitative estimate of drug-likeness (QED) is 0.872. The molecule has 1 aromatic heterocycles. The summed E-state index contributed by atoms with van der Waals surface area (Å²) >= 11 is 0. The first-order chi connectivity index (χ1) is 9.81. The third-order valence-corrected chi connectivity index (χ3v) is 4.55. The molecule has 2 aliphatic rings. The summed E-state index contributed by atoms with van der Waals surface area (Å²) in [6.07, 6.45) is 4.57. The molecule has 0 amide bonds. The zero-order valence-electron chi connectivity index (χ0n) is 11.2. The van der Waals surface area contributed by atoms with Gasteiger partial charge in [-0.25, -0.2) is 0 Å². The van der Waals surface area contributed by atoms with E-state index in [9.17, 15) is 4.79 Å². The Balaban J connectivity index is 1.48. The van der Waals surface area contributed by atoms with Crippen LogP contribution in [-0.2, 0) is 16.1 Å². The highest BCUT2D eigenvalue weighted by atomic mass is 16.6. The topological polar surface area (TPSA) is 51.5 Å². The molecule has 2 fully saturated rings. The fraction of sp³-hybridized carbons (Fsp3) is 0.438. The van der Waals surface area contributed by atoms with E-state index in [-0.39, 0.29) is 18.1 Å². The maximum Gasteiger partial charge on any atom is 0.306 e. The van der Waals surface area contributed by atoms with Gasteiger partial charge in [0.2, 0.25) is 0 Å². The maximum absolute atomic E-state index is 11.4. The number of hydrogen-bond acceptors (Lipinski definition) is 4. The first kappa shape index (κ1) is 12.0. The number of nitrogens with one attached hydrogen (secondary N) is 1. The fourth-order valence-corrected chi connectivity index (χ4v) is 3.53. The van der Waals surface area contributed by atoms with Gasteiger partial charge in [0.05, 0.1) is 12.7 Å². The Kier molecular flexibility index (Phi) is 2.77. The van der Waals surface area contributed by atoms with Crippen molar-refractivity contribution in [1.29, 1.82) is 0 Å². The van der Waals surface area contributed by atoms with Crippen molar-refractivity contribution in [3.8, 4) is 0 Å². The normalized spacial score (nSPS) is 28.8. The molecule has 4 nitrogen and oxygen atoms in total. The van der Waals surface area contributed by atoms with Gasteiger partial charge in [0.25, 0.3) is 0 Å². The minimum absolute atomic E-state index is 0.0385. The minimum atomic E-state index is -0.0385. The Hall–Kier alpha value is -1.81. The van der Waals surface area contributed by atoms with Crippen LogP contribution in [-0.4, -0.2) is 18.1 Å². The number of rotatable bonds is 3. The van der Waals surface area contributed by atoms with Gasteiger partial charge >= 0.3 is 5.97 Å². The average molecular weight is 271 g/mol. The monoisotopic (exact) mass is 271 g/mol. The third-order valence-electron chi connectivity index (χ3n) is 4.55. The fourth-order valence-electron chi connectivity index (χ4n) is 3.53. The van der Waals surface area contributed by atoms with Crippen LogP contribution in [0.15, 0.2) is 34.9 Å². The molecule has 3 atom stereocenters. The van der Waals surface area contributed by atoms with Crippen LogP contribution in [0.25, 0.3) is 11.0 Å². The molecule has 2 aromatic rings. The molecule has 0 spiro atoms. The van der Waals surface area contributed by atoms with E-state index in [1.807, 2.05) is 18.2 Å². The van der Waals surface area contributed by atoms with E-state index in [1.165, 1.54) is 5.56 Å². The second-order valence-corrected chi connectivity index (χ2v) is 5.73. The number of benzene rings is 1. The van der Waals surface area contributed by atoms with Crippen molar-refractivity contribution in [2.45, 2.75) is 38.0 Å². The molecule has 20 heavy (non-hydrogen) atoms. The highest BCUT2D eigenvalue weighted by Crippen LogP contribution is 2.36. The van der Waals surface area contributed by atoms with Gasteiger partial charge < -0.3 is 14.5 Å². The van der Waals surface area contributed by atoms with Crippen LogP contribution < -0.4 is 5.32 Å². The molecule has 1 aromatic carbocycles. The zero-order chi connectivity index (χ0) is 13.5. The molecule has 4 heteroatoms. The Morgan fingerprint density at radius 3 is 3.15 bits per heavy atom. The molecule has 2 heterocycles. The summed E-state index contributed by atoms with van der Waals surface area (Å²) in [4.78, 5) is 11.4. The summed E-state index contributed by atoms with van der Waals surface area (Å²) in [7, 11) is 0. The van der Waals surface area contributed by atoms with Gasteiger partial charge in [-0.15, -0.1) is 0 Å². The minimum Gasteiger partial charge on any atom is -0.464 e. The lowest BCUT2D eigenvalue weighted by Crippen LogP contribution is -2.37. The Morgan fingerprint density at radius 2 is 2.20 bits per heavy atom. The van der Waals surface area contributed by atoms with E-state index in [1.54, 1.807) is 6.26 Å². The highest BCUT2D eigenvalue weighted by molar-refractivity contribution is 5.80. The zero-order valence-corrected chi connectivity index (χ0v) is 11.2. The number of esters is 1. The number of hydrogen-bond donors (Lipinski definition) is 1. The predicted molar refractivity (Wildman–Crippen MR) is 74.1 cm³/mol. The van der Waals surface area contributed by atoms with Crippen LogP contribution in [0.1, 0.15) is 24.8 Å². The average Bonchev–Trinajstić information content (AvgIpc) is 3.11. The van der Waals surface area contributed by atoms with Crippen LogP contribution in [0, 0.1) is 5.92 Å². The van der Waals surface area contributed by atoms with Gasteiger partial charge in [0.15, 0.2) is 0 Å². The van der Waals surface area contributed by atoms with Gasteiger partial charge in [-0.1, -0.05) is 12.1 Å². The van der Waals surface area contributed by atoms with Crippen LogP contribution in [0.4, 0.5) is 0 Å². The van der Waals surface area contributed by atoms with E-state index < -0.39 is 0 Å². The first-order valence-electron chi connectivity index (χ1n) is 7.19. The molecule has 4 rings (SSSR count). The lowest BCUT2D eigenvalue weighted by Gasteiger charge is -2.19. The van der Waals surface area contributed by atoms with E-state index in [0.717, 1.165) is 30.4 Å². The summed E-state index contributed by atoms with van der Waals surface area (Å²) < 4.78 is 10.9. The molecular weight excluding hydrogens is 254 g/mol. The van der Waals surface area contributed by atoms with Crippen molar-refractivity contribution in [2.75, 3.05) is 0 Å². The van der Waals surface area contributed by atoms with E-state index in [4.69, 9.17) is 9.15 Å². The Labute approximate surface area is 117 Å². The number of furan rings is 1. The lowest BCUT2D eigenvalue weighted by molar-refractivity contribution is -0.142. The van der Waals surface area contributed by atoms with Crippen molar-refractivity contribution >= 4 is 16.9 Å². The standard InChI is InChI=1S/C16H17NO3/c18-15-8-10-4-5-13(16(10)20-15)17-9-11-2-1-3-14-12(11)6-7-19-14/h1-3,6-7,10,13,16-17H,4-5,8-9H2/t10-,13?,16+/m0/s1. The summed E-state index contributed by atoms with van der Waals surface area (Å²) in [6.45, 7) is 0.780. The molecule has 1 unspecified atom stereocenters. The molecule has 1 aliphatic carbocycles. The van der Waals surface area contributed by atoms with Gasteiger partial charge in [0, 0.05) is 23.9 Å². The van der Waals surface area contributed by atoms with E-state index in [2.05, 4.69) is 11.4 Å². The third kappa shape index (κ3) is 1.91. The second kappa shape index (κ2) is 4.63. The van der Waals surface area contributed by atoms with Crippen molar-refractivity contribution in [3.05, 3.63) is 36.1 Å². The second-order valence-electron chi connectivity index (χ2n) is 5.73. The van der Waals surface area contributed by atoms with Crippen LogP contribution in [0.3, 0.4) is 0 Å². The largest absolute Gasteiger partial charge is 0.464 e. The Morgan fingerprint density at radius 1 is 1.25 bits per heavy atom. The first-order valence-corrected chi connectivity index (χ1v) is 7.19. The molecule has 0 bridgehead atoms. The van der Waals surface area contributed by atoms with Crippen molar-refractivity contribution in [1.82, 2.24) is 5.32 Å².